The van der Waals surface area contributed by atoms with Crippen LogP contribution in [0.15, 0.2) is 34.9 Å². The third-order valence-corrected chi connectivity index (χ3v) is 3.58. The number of carbonyl (C=O) groups is 2. The van der Waals surface area contributed by atoms with Gasteiger partial charge in [-0.1, -0.05) is 0 Å². The Bertz CT molecular complexity index is 743. The van der Waals surface area contributed by atoms with Crippen molar-refractivity contribution in [2.24, 2.45) is 0 Å². The van der Waals surface area contributed by atoms with Gasteiger partial charge in [-0.3, -0.25) is 14.9 Å². The molecular weight excluding hydrogens is 322 g/mol. The highest BCUT2D eigenvalue weighted by atomic mass is 79.9. The van der Waals surface area contributed by atoms with E-state index in [4.69, 9.17) is 0 Å². The summed E-state index contributed by atoms with van der Waals surface area (Å²) in [5.41, 5.74) is 2.52. The van der Waals surface area contributed by atoms with E-state index in [2.05, 4.69) is 31.5 Å². The van der Waals surface area contributed by atoms with Crippen molar-refractivity contribution in [2.45, 2.75) is 6.92 Å². The number of aromatic nitrogens is 1. The van der Waals surface area contributed by atoms with Gasteiger partial charge in [-0.2, -0.15) is 0 Å². The van der Waals surface area contributed by atoms with Crippen LogP contribution in [0.4, 0.5) is 11.5 Å². The van der Waals surface area contributed by atoms with Crippen molar-refractivity contribution in [1.82, 2.24) is 10.3 Å². The lowest BCUT2D eigenvalue weighted by Crippen LogP contribution is -2.19. The van der Waals surface area contributed by atoms with Crippen LogP contribution in [0.25, 0.3) is 0 Å². The molecule has 2 amide bonds. The van der Waals surface area contributed by atoms with Gasteiger partial charge >= 0.3 is 0 Å². The van der Waals surface area contributed by atoms with E-state index in [1.54, 1.807) is 24.4 Å². The van der Waals surface area contributed by atoms with E-state index >= 15 is 0 Å². The van der Waals surface area contributed by atoms with Crippen LogP contribution in [0.2, 0.25) is 0 Å². The van der Waals surface area contributed by atoms with E-state index in [0.29, 0.717) is 22.6 Å². The fourth-order valence-corrected chi connectivity index (χ4v) is 2.57. The van der Waals surface area contributed by atoms with Gasteiger partial charge in [-0.25, -0.2) is 4.98 Å². The van der Waals surface area contributed by atoms with Gasteiger partial charge in [0.25, 0.3) is 11.8 Å². The maximum atomic E-state index is 11.6. The molecule has 5 nitrogen and oxygen atoms in total. The average Bonchev–Trinajstić information content (AvgIpc) is 2.68. The lowest BCUT2D eigenvalue weighted by molar-refractivity contribution is 0.0879. The zero-order chi connectivity index (χ0) is 14.3. The minimum Gasteiger partial charge on any atom is -0.339 e. The summed E-state index contributed by atoms with van der Waals surface area (Å²) in [5, 5.41) is 5.38. The number of fused-ring (bicyclic) bond motifs is 1. The summed E-state index contributed by atoms with van der Waals surface area (Å²) in [6.45, 7) is 1.95. The Morgan fingerprint density at radius 3 is 2.65 bits per heavy atom. The first-order valence-corrected chi connectivity index (χ1v) is 6.73. The number of imide groups is 1. The second kappa shape index (κ2) is 4.72. The number of carbonyl (C=O) groups excluding carboxylic acids is 2. The van der Waals surface area contributed by atoms with E-state index in [0.717, 1.165) is 10.0 Å². The quantitative estimate of drug-likeness (QED) is 0.830. The molecule has 0 fully saturated rings. The number of pyridine rings is 1. The van der Waals surface area contributed by atoms with Gasteiger partial charge in [0.1, 0.15) is 5.82 Å². The van der Waals surface area contributed by atoms with Crippen molar-refractivity contribution >= 4 is 39.2 Å². The highest BCUT2D eigenvalue weighted by Gasteiger charge is 2.26. The summed E-state index contributed by atoms with van der Waals surface area (Å²) < 4.78 is 0.832. The second-order valence-corrected chi connectivity index (χ2v) is 5.37. The zero-order valence-corrected chi connectivity index (χ0v) is 12.1. The fraction of sp³-hybridized carbons (Fsp3) is 0.0714. The highest BCUT2D eigenvalue weighted by molar-refractivity contribution is 9.10. The van der Waals surface area contributed by atoms with E-state index in [1.807, 2.05) is 13.0 Å². The summed E-state index contributed by atoms with van der Waals surface area (Å²) in [5.74, 6) is -0.0731. The van der Waals surface area contributed by atoms with Crippen molar-refractivity contribution in [3.8, 4) is 0 Å². The Balaban J connectivity index is 1.95. The van der Waals surface area contributed by atoms with Gasteiger partial charge in [-0.15, -0.1) is 0 Å². The molecule has 1 aliphatic rings. The molecule has 0 unspecified atom stereocenters. The first-order valence-electron chi connectivity index (χ1n) is 5.93. The Morgan fingerprint density at radius 2 is 1.90 bits per heavy atom. The first kappa shape index (κ1) is 12.8. The van der Waals surface area contributed by atoms with Crippen molar-refractivity contribution in [1.29, 1.82) is 0 Å². The van der Waals surface area contributed by atoms with Crippen LogP contribution >= 0.6 is 15.9 Å². The standard InChI is InChI=1S/C14H10BrN3O2/c1-7-4-11(15)12(16-6-7)17-8-2-3-9-10(5-8)14(20)18-13(9)19/h2-6H,1H3,(H,16,17)(H,18,19,20). The van der Waals surface area contributed by atoms with Gasteiger partial charge in [0.05, 0.1) is 15.6 Å². The second-order valence-electron chi connectivity index (χ2n) is 4.51. The topological polar surface area (TPSA) is 71.1 Å². The number of nitrogens with zero attached hydrogens (tertiary/aromatic N) is 1. The summed E-state index contributed by atoms with van der Waals surface area (Å²) in [4.78, 5) is 27.3. The molecule has 20 heavy (non-hydrogen) atoms. The van der Waals surface area contributed by atoms with E-state index in [1.165, 1.54) is 0 Å². The molecule has 2 heterocycles. The molecule has 0 radical (unpaired) electrons. The number of hydrogen-bond donors (Lipinski definition) is 2. The summed E-state index contributed by atoms with van der Waals surface area (Å²) >= 11 is 3.43. The lowest BCUT2D eigenvalue weighted by atomic mass is 10.1. The molecule has 100 valence electrons. The normalized spacial score (nSPS) is 13.1. The molecule has 0 bridgehead atoms. The molecular formula is C14H10BrN3O2. The Morgan fingerprint density at radius 1 is 1.15 bits per heavy atom. The van der Waals surface area contributed by atoms with Gasteiger partial charge in [0, 0.05) is 11.9 Å². The monoisotopic (exact) mass is 331 g/mol. The molecule has 1 aromatic carbocycles. The molecule has 0 saturated carbocycles. The van der Waals surface area contributed by atoms with Gasteiger partial charge in [0.15, 0.2) is 0 Å². The van der Waals surface area contributed by atoms with Crippen LogP contribution in [0.3, 0.4) is 0 Å². The largest absolute Gasteiger partial charge is 0.339 e. The Kier molecular flexibility index (Phi) is 3.02. The van der Waals surface area contributed by atoms with Crippen LogP contribution in [0.1, 0.15) is 26.3 Å². The zero-order valence-electron chi connectivity index (χ0n) is 10.5. The summed E-state index contributed by atoms with van der Waals surface area (Å²) in [6, 6.07) is 6.95. The maximum absolute atomic E-state index is 11.6. The third kappa shape index (κ3) is 2.18. The molecule has 2 N–H and O–H groups in total. The number of anilines is 2. The third-order valence-electron chi connectivity index (χ3n) is 2.98. The maximum Gasteiger partial charge on any atom is 0.259 e. The molecule has 0 saturated heterocycles. The molecule has 0 spiro atoms. The smallest absolute Gasteiger partial charge is 0.259 e. The molecule has 3 rings (SSSR count). The van der Waals surface area contributed by atoms with Gasteiger partial charge in [0.2, 0.25) is 0 Å². The van der Waals surface area contributed by atoms with Crippen LogP contribution in [0.5, 0.6) is 0 Å². The van der Waals surface area contributed by atoms with Crippen LogP contribution in [-0.2, 0) is 0 Å². The van der Waals surface area contributed by atoms with Crippen molar-refractivity contribution in [3.63, 3.8) is 0 Å². The molecule has 1 aliphatic heterocycles. The molecule has 6 heteroatoms. The number of aryl methyl sites for hydroxylation is 1. The number of benzene rings is 1. The Labute approximate surface area is 123 Å². The van der Waals surface area contributed by atoms with Crippen LogP contribution in [-0.4, -0.2) is 16.8 Å². The number of nitrogens with one attached hydrogen (secondary N) is 2. The van der Waals surface area contributed by atoms with E-state index < -0.39 is 0 Å². The van der Waals surface area contributed by atoms with Gasteiger partial charge in [-0.05, 0) is 52.7 Å². The number of halogens is 1. The van der Waals surface area contributed by atoms with E-state index in [-0.39, 0.29) is 11.8 Å². The summed E-state index contributed by atoms with van der Waals surface area (Å²) in [7, 11) is 0. The lowest BCUT2D eigenvalue weighted by Gasteiger charge is -2.08. The predicted molar refractivity (Wildman–Crippen MR) is 78.2 cm³/mol. The predicted octanol–water partition coefficient (Wildman–Crippen LogP) is 2.78. The first-order chi connectivity index (χ1) is 9.54. The van der Waals surface area contributed by atoms with Crippen molar-refractivity contribution < 1.29 is 9.59 Å². The van der Waals surface area contributed by atoms with Gasteiger partial charge < -0.3 is 5.32 Å². The fourth-order valence-electron chi connectivity index (χ4n) is 2.01. The van der Waals surface area contributed by atoms with Crippen molar-refractivity contribution in [2.75, 3.05) is 5.32 Å². The Hall–Kier alpha value is -2.21. The number of rotatable bonds is 2. The van der Waals surface area contributed by atoms with E-state index in [9.17, 15) is 9.59 Å². The minimum absolute atomic E-state index is 0.355. The SMILES string of the molecule is Cc1cnc(Nc2ccc3c(c2)C(=O)NC3=O)c(Br)c1. The summed E-state index contributed by atoms with van der Waals surface area (Å²) in [6.07, 6.45) is 1.75. The molecule has 1 aromatic heterocycles. The molecule has 0 aliphatic carbocycles. The number of hydrogen-bond acceptors (Lipinski definition) is 4. The van der Waals surface area contributed by atoms with Crippen molar-refractivity contribution in [3.05, 3.63) is 51.6 Å². The highest BCUT2D eigenvalue weighted by Crippen LogP contribution is 2.26. The molecule has 0 atom stereocenters. The van der Waals surface area contributed by atoms with Crippen LogP contribution in [0, 0.1) is 6.92 Å². The minimum atomic E-state index is -0.371. The number of amides is 2. The molecule has 2 aromatic rings. The van der Waals surface area contributed by atoms with Crippen LogP contribution < -0.4 is 10.6 Å². The average molecular weight is 332 g/mol.